The van der Waals surface area contributed by atoms with Crippen LogP contribution in [0.2, 0.25) is 0 Å². The van der Waals surface area contributed by atoms with Crippen molar-refractivity contribution in [2.75, 3.05) is 20.2 Å². The van der Waals surface area contributed by atoms with Crippen molar-refractivity contribution in [3.8, 4) is 5.75 Å². The van der Waals surface area contributed by atoms with Crippen molar-refractivity contribution in [3.05, 3.63) is 29.8 Å². The van der Waals surface area contributed by atoms with Crippen LogP contribution in [0.3, 0.4) is 0 Å². The van der Waals surface area contributed by atoms with Crippen LogP contribution < -0.4 is 10.1 Å². The third kappa shape index (κ3) is 4.74. The fourth-order valence-corrected chi connectivity index (χ4v) is 3.85. The minimum Gasteiger partial charge on any atom is -0.497 e. The Hall–Kier alpha value is -2.04. The number of benzene rings is 1. The van der Waals surface area contributed by atoms with Gasteiger partial charge in [-0.25, -0.2) is 0 Å². The molecule has 1 aliphatic carbocycles. The number of piperidine rings is 1. The van der Waals surface area contributed by atoms with Gasteiger partial charge in [0.25, 0.3) is 0 Å². The Morgan fingerprint density at radius 2 is 1.88 bits per heavy atom. The highest BCUT2D eigenvalue weighted by atomic mass is 16.5. The lowest BCUT2D eigenvalue weighted by Crippen LogP contribution is -2.48. The molecule has 2 fully saturated rings. The van der Waals surface area contributed by atoms with E-state index in [-0.39, 0.29) is 23.8 Å². The molecule has 1 aromatic carbocycles. The molecule has 0 aromatic heterocycles. The zero-order chi connectivity index (χ0) is 17.6. The van der Waals surface area contributed by atoms with Gasteiger partial charge >= 0.3 is 0 Å². The van der Waals surface area contributed by atoms with E-state index in [1.165, 1.54) is 12.8 Å². The predicted molar refractivity (Wildman–Crippen MR) is 96.4 cm³/mol. The molecule has 1 aromatic rings. The number of carbonyl (C=O) groups is 2. The van der Waals surface area contributed by atoms with E-state index in [0.29, 0.717) is 6.42 Å². The van der Waals surface area contributed by atoms with Crippen molar-refractivity contribution in [3.63, 3.8) is 0 Å². The predicted octanol–water partition coefficient (Wildman–Crippen LogP) is 2.54. The first-order chi connectivity index (χ1) is 12.2. The molecule has 136 valence electrons. The van der Waals surface area contributed by atoms with Gasteiger partial charge in [0.2, 0.25) is 11.8 Å². The minimum absolute atomic E-state index is 0.147. The molecule has 25 heavy (non-hydrogen) atoms. The van der Waals surface area contributed by atoms with E-state index >= 15 is 0 Å². The summed E-state index contributed by atoms with van der Waals surface area (Å²) in [7, 11) is 1.63. The summed E-state index contributed by atoms with van der Waals surface area (Å²) >= 11 is 0. The van der Waals surface area contributed by atoms with Crippen LogP contribution in [0, 0.1) is 5.92 Å². The van der Waals surface area contributed by atoms with Crippen LogP contribution in [0.4, 0.5) is 0 Å². The average molecular weight is 344 g/mol. The van der Waals surface area contributed by atoms with E-state index in [9.17, 15) is 9.59 Å². The monoisotopic (exact) mass is 344 g/mol. The van der Waals surface area contributed by atoms with Crippen molar-refractivity contribution in [2.24, 2.45) is 5.92 Å². The third-order valence-corrected chi connectivity index (χ3v) is 5.41. The van der Waals surface area contributed by atoms with E-state index in [2.05, 4.69) is 5.32 Å². The quantitative estimate of drug-likeness (QED) is 0.893. The van der Waals surface area contributed by atoms with Gasteiger partial charge in [-0.3, -0.25) is 9.59 Å². The van der Waals surface area contributed by atoms with Crippen molar-refractivity contribution >= 4 is 11.8 Å². The molecule has 5 heteroatoms. The van der Waals surface area contributed by atoms with Crippen LogP contribution in [0.25, 0.3) is 0 Å². The molecule has 0 bridgehead atoms. The number of carbonyl (C=O) groups excluding carboxylic acids is 2. The van der Waals surface area contributed by atoms with Crippen LogP contribution in [-0.4, -0.2) is 43.0 Å². The first-order valence-corrected chi connectivity index (χ1v) is 9.37. The van der Waals surface area contributed by atoms with Gasteiger partial charge in [0.1, 0.15) is 5.75 Å². The number of methoxy groups -OCH3 is 1. The van der Waals surface area contributed by atoms with Gasteiger partial charge in [0.15, 0.2) is 0 Å². The summed E-state index contributed by atoms with van der Waals surface area (Å²) in [6, 6.07) is 7.87. The standard InChI is InChI=1S/C20H28N2O3/c1-25-18-8-4-5-15(13-18)14-19(23)22-11-9-17(10-12-22)21-20(24)16-6-2-3-7-16/h4-5,8,13,16-17H,2-3,6-7,9-12,14H2,1H3,(H,21,24). The van der Waals surface area contributed by atoms with Gasteiger partial charge in [-0.05, 0) is 43.4 Å². The van der Waals surface area contributed by atoms with Crippen molar-refractivity contribution in [1.29, 1.82) is 0 Å². The highest BCUT2D eigenvalue weighted by Gasteiger charge is 2.27. The molecule has 0 atom stereocenters. The topological polar surface area (TPSA) is 58.6 Å². The Morgan fingerprint density at radius 3 is 2.56 bits per heavy atom. The zero-order valence-corrected chi connectivity index (χ0v) is 15.0. The molecule has 0 spiro atoms. The highest BCUT2D eigenvalue weighted by molar-refractivity contribution is 5.80. The molecule has 5 nitrogen and oxygen atoms in total. The number of nitrogens with one attached hydrogen (secondary N) is 1. The Bertz CT molecular complexity index is 603. The first kappa shape index (κ1) is 17.8. The summed E-state index contributed by atoms with van der Waals surface area (Å²) in [4.78, 5) is 26.6. The number of likely N-dealkylation sites (tertiary alicyclic amines) is 1. The molecule has 3 rings (SSSR count). The molecular formula is C20H28N2O3. The molecule has 2 amide bonds. The molecular weight excluding hydrogens is 316 g/mol. The summed E-state index contributed by atoms with van der Waals surface area (Å²) < 4.78 is 5.21. The second-order valence-electron chi connectivity index (χ2n) is 7.17. The summed E-state index contributed by atoms with van der Waals surface area (Å²) in [5.74, 6) is 1.36. The summed E-state index contributed by atoms with van der Waals surface area (Å²) in [5, 5.41) is 3.19. The number of amides is 2. The van der Waals surface area contributed by atoms with Crippen LogP contribution in [0.15, 0.2) is 24.3 Å². The minimum atomic E-state index is 0.147. The average Bonchev–Trinajstić information content (AvgIpc) is 3.17. The summed E-state index contributed by atoms with van der Waals surface area (Å²) in [6.07, 6.45) is 6.51. The van der Waals surface area contributed by atoms with E-state index in [4.69, 9.17) is 4.74 Å². The Morgan fingerprint density at radius 1 is 1.16 bits per heavy atom. The van der Waals surface area contributed by atoms with Crippen LogP contribution in [-0.2, 0) is 16.0 Å². The maximum absolute atomic E-state index is 12.5. The molecule has 1 saturated heterocycles. The third-order valence-electron chi connectivity index (χ3n) is 5.41. The lowest BCUT2D eigenvalue weighted by atomic mass is 10.0. The Labute approximate surface area is 149 Å². The second-order valence-corrected chi connectivity index (χ2v) is 7.17. The summed E-state index contributed by atoms with van der Waals surface area (Å²) in [6.45, 7) is 1.44. The lowest BCUT2D eigenvalue weighted by Gasteiger charge is -2.33. The number of hydrogen-bond acceptors (Lipinski definition) is 3. The van der Waals surface area contributed by atoms with Crippen molar-refractivity contribution in [2.45, 2.75) is 51.0 Å². The second kappa shape index (κ2) is 8.37. The van der Waals surface area contributed by atoms with E-state index < -0.39 is 0 Å². The SMILES string of the molecule is COc1cccc(CC(=O)N2CCC(NC(=O)C3CCCC3)CC2)c1. The molecule has 1 saturated carbocycles. The fourth-order valence-electron chi connectivity index (χ4n) is 3.85. The van der Waals surface area contributed by atoms with Crippen molar-refractivity contribution in [1.82, 2.24) is 10.2 Å². The molecule has 1 N–H and O–H groups in total. The molecule has 0 unspecified atom stereocenters. The number of rotatable bonds is 5. The Balaban J connectivity index is 1.44. The fraction of sp³-hybridized carbons (Fsp3) is 0.600. The first-order valence-electron chi connectivity index (χ1n) is 9.37. The van der Waals surface area contributed by atoms with Crippen molar-refractivity contribution < 1.29 is 14.3 Å². The number of hydrogen-bond donors (Lipinski definition) is 1. The molecule has 2 aliphatic rings. The Kier molecular flexibility index (Phi) is 5.95. The molecule has 1 aliphatic heterocycles. The van der Waals surface area contributed by atoms with Gasteiger partial charge in [0, 0.05) is 25.0 Å². The largest absolute Gasteiger partial charge is 0.497 e. The van der Waals surface area contributed by atoms with E-state index in [1.54, 1.807) is 7.11 Å². The normalized spacial score (nSPS) is 19.0. The maximum atomic E-state index is 12.5. The van der Waals surface area contributed by atoms with Gasteiger partial charge in [-0.15, -0.1) is 0 Å². The maximum Gasteiger partial charge on any atom is 0.226 e. The van der Waals surface area contributed by atoms with Crippen LogP contribution >= 0.6 is 0 Å². The highest BCUT2D eigenvalue weighted by Crippen LogP contribution is 2.25. The van der Waals surface area contributed by atoms with Gasteiger partial charge in [-0.1, -0.05) is 25.0 Å². The van der Waals surface area contributed by atoms with Crippen LogP contribution in [0.5, 0.6) is 5.75 Å². The van der Waals surface area contributed by atoms with Crippen LogP contribution in [0.1, 0.15) is 44.1 Å². The zero-order valence-electron chi connectivity index (χ0n) is 15.0. The van der Waals surface area contributed by atoms with E-state index in [0.717, 1.165) is 50.1 Å². The lowest BCUT2D eigenvalue weighted by molar-refractivity contribution is -0.131. The molecule has 1 heterocycles. The van der Waals surface area contributed by atoms with Gasteiger partial charge in [-0.2, -0.15) is 0 Å². The smallest absolute Gasteiger partial charge is 0.226 e. The number of nitrogens with zero attached hydrogens (tertiary/aromatic N) is 1. The number of ether oxygens (including phenoxy) is 1. The molecule has 0 radical (unpaired) electrons. The van der Waals surface area contributed by atoms with E-state index in [1.807, 2.05) is 29.2 Å². The van der Waals surface area contributed by atoms with Gasteiger partial charge in [0.05, 0.1) is 13.5 Å². The summed E-state index contributed by atoms with van der Waals surface area (Å²) in [5.41, 5.74) is 0.973. The van der Waals surface area contributed by atoms with Gasteiger partial charge < -0.3 is 15.0 Å².